The summed E-state index contributed by atoms with van der Waals surface area (Å²) in [5.41, 5.74) is 2.83. The minimum Gasteiger partial charge on any atom is -0.313 e. The zero-order valence-electron chi connectivity index (χ0n) is 14.1. The Hall–Kier alpha value is -0.860. The molecule has 0 saturated heterocycles. The van der Waals surface area contributed by atoms with Crippen LogP contribution in [0.2, 0.25) is 0 Å². The molecule has 21 heavy (non-hydrogen) atoms. The number of benzene rings is 1. The van der Waals surface area contributed by atoms with Gasteiger partial charge in [-0.15, -0.1) is 0 Å². The number of aryl methyl sites for hydroxylation is 2. The summed E-state index contributed by atoms with van der Waals surface area (Å²) in [6, 6.07) is 10.3. The maximum absolute atomic E-state index is 3.68. The van der Waals surface area contributed by atoms with Crippen LogP contribution < -0.4 is 5.32 Å². The lowest BCUT2D eigenvalue weighted by Crippen LogP contribution is -2.38. The molecule has 2 heteroatoms. The van der Waals surface area contributed by atoms with Crippen LogP contribution in [0.5, 0.6) is 0 Å². The van der Waals surface area contributed by atoms with E-state index in [2.05, 4.69) is 55.4 Å². The van der Waals surface area contributed by atoms with Gasteiger partial charge in [-0.05, 0) is 52.1 Å². The van der Waals surface area contributed by atoms with Gasteiger partial charge in [0.05, 0.1) is 0 Å². The first-order valence-electron chi connectivity index (χ1n) is 8.64. The van der Waals surface area contributed by atoms with E-state index >= 15 is 0 Å². The van der Waals surface area contributed by atoms with Gasteiger partial charge in [0, 0.05) is 25.2 Å². The molecular formula is C19H32N2. The Morgan fingerprint density at radius 3 is 2.76 bits per heavy atom. The number of likely N-dealkylation sites (N-methyl/N-ethyl adjacent to an activating group) is 1. The number of nitrogens with one attached hydrogen (secondary N) is 1. The normalized spacial score (nSPS) is 17.5. The third-order valence-electron chi connectivity index (χ3n) is 4.85. The van der Waals surface area contributed by atoms with Gasteiger partial charge in [-0.1, -0.05) is 42.7 Å². The fourth-order valence-electron chi connectivity index (χ4n) is 3.37. The molecule has 0 spiro atoms. The van der Waals surface area contributed by atoms with E-state index in [4.69, 9.17) is 0 Å². The predicted molar refractivity (Wildman–Crippen MR) is 91.9 cm³/mol. The number of rotatable bonds is 8. The second-order valence-corrected chi connectivity index (χ2v) is 6.80. The highest BCUT2D eigenvalue weighted by atomic mass is 15.1. The van der Waals surface area contributed by atoms with Crippen molar-refractivity contribution < 1.29 is 0 Å². The van der Waals surface area contributed by atoms with Crippen molar-refractivity contribution in [2.24, 2.45) is 0 Å². The van der Waals surface area contributed by atoms with E-state index in [1.54, 1.807) is 0 Å². The Morgan fingerprint density at radius 2 is 2.05 bits per heavy atom. The van der Waals surface area contributed by atoms with Crippen molar-refractivity contribution in [2.75, 3.05) is 20.1 Å². The largest absolute Gasteiger partial charge is 0.313 e. The van der Waals surface area contributed by atoms with Crippen LogP contribution in [0.1, 0.15) is 50.2 Å². The van der Waals surface area contributed by atoms with E-state index in [0.29, 0.717) is 6.04 Å². The molecule has 1 atom stereocenters. The fourth-order valence-corrected chi connectivity index (χ4v) is 3.37. The van der Waals surface area contributed by atoms with Crippen molar-refractivity contribution in [1.82, 2.24) is 10.2 Å². The lowest BCUT2D eigenvalue weighted by molar-refractivity contribution is 0.242. The molecule has 1 unspecified atom stereocenters. The number of hydrogen-bond acceptors (Lipinski definition) is 2. The molecule has 1 fully saturated rings. The molecule has 0 bridgehead atoms. The first-order valence-corrected chi connectivity index (χ1v) is 8.64. The van der Waals surface area contributed by atoms with Gasteiger partial charge in [-0.2, -0.15) is 0 Å². The van der Waals surface area contributed by atoms with Crippen molar-refractivity contribution in [3.05, 3.63) is 35.4 Å². The highest BCUT2D eigenvalue weighted by Crippen LogP contribution is 2.21. The second kappa shape index (κ2) is 8.55. The van der Waals surface area contributed by atoms with Crippen LogP contribution in [0, 0.1) is 6.92 Å². The van der Waals surface area contributed by atoms with E-state index in [9.17, 15) is 0 Å². The van der Waals surface area contributed by atoms with Gasteiger partial charge in [-0.25, -0.2) is 0 Å². The molecule has 0 radical (unpaired) electrons. The minimum absolute atomic E-state index is 0.600. The molecule has 2 nitrogen and oxygen atoms in total. The molecule has 1 aromatic carbocycles. The molecular weight excluding hydrogens is 256 g/mol. The van der Waals surface area contributed by atoms with Crippen molar-refractivity contribution in [2.45, 2.75) is 64.5 Å². The Bertz CT molecular complexity index is 410. The molecule has 1 aliphatic rings. The van der Waals surface area contributed by atoms with Crippen molar-refractivity contribution in [1.29, 1.82) is 0 Å². The van der Waals surface area contributed by atoms with Gasteiger partial charge in [0.25, 0.3) is 0 Å². The van der Waals surface area contributed by atoms with Gasteiger partial charge in [0.15, 0.2) is 0 Å². The van der Waals surface area contributed by atoms with E-state index < -0.39 is 0 Å². The van der Waals surface area contributed by atoms with Crippen LogP contribution in [0.3, 0.4) is 0 Å². The highest BCUT2D eigenvalue weighted by Gasteiger charge is 2.18. The Morgan fingerprint density at radius 1 is 1.29 bits per heavy atom. The molecule has 1 saturated carbocycles. The van der Waals surface area contributed by atoms with E-state index in [0.717, 1.165) is 12.6 Å². The second-order valence-electron chi connectivity index (χ2n) is 6.80. The van der Waals surface area contributed by atoms with Gasteiger partial charge in [0.1, 0.15) is 0 Å². The van der Waals surface area contributed by atoms with Gasteiger partial charge < -0.3 is 10.2 Å². The van der Waals surface area contributed by atoms with Crippen LogP contribution in [0.15, 0.2) is 24.3 Å². The molecule has 1 aromatic rings. The van der Waals surface area contributed by atoms with E-state index in [1.165, 1.54) is 56.2 Å². The zero-order valence-corrected chi connectivity index (χ0v) is 14.1. The Labute approximate surface area is 130 Å². The summed E-state index contributed by atoms with van der Waals surface area (Å²) in [6.45, 7) is 6.77. The summed E-state index contributed by atoms with van der Waals surface area (Å²) >= 11 is 0. The molecule has 118 valence electrons. The van der Waals surface area contributed by atoms with Gasteiger partial charge in [-0.3, -0.25) is 0 Å². The summed E-state index contributed by atoms with van der Waals surface area (Å²) < 4.78 is 0. The zero-order chi connectivity index (χ0) is 15.1. The maximum atomic E-state index is 3.68. The standard InChI is InChI=1S/C19H32N2/c1-16-7-6-8-18(15-16)12-11-17(2)20-13-14-21(3)19-9-4-5-10-19/h6-8,15,17,19-20H,4-5,9-14H2,1-3H3. The average Bonchev–Trinajstić information content (AvgIpc) is 2.99. The van der Waals surface area contributed by atoms with Crippen LogP contribution >= 0.6 is 0 Å². The molecule has 1 N–H and O–H groups in total. The van der Waals surface area contributed by atoms with Crippen molar-refractivity contribution >= 4 is 0 Å². The first-order chi connectivity index (χ1) is 10.1. The van der Waals surface area contributed by atoms with E-state index in [1.807, 2.05) is 0 Å². The molecule has 1 aliphatic carbocycles. The van der Waals surface area contributed by atoms with Crippen molar-refractivity contribution in [3.63, 3.8) is 0 Å². The monoisotopic (exact) mass is 288 g/mol. The summed E-state index contributed by atoms with van der Waals surface area (Å²) in [5.74, 6) is 0. The molecule has 0 aliphatic heterocycles. The van der Waals surface area contributed by atoms with Crippen LogP contribution in [0.4, 0.5) is 0 Å². The summed E-state index contributed by atoms with van der Waals surface area (Å²) in [5, 5.41) is 3.68. The third-order valence-corrected chi connectivity index (χ3v) is 4.85. The summed E-state index contributed by atoms with van der Waals surface area (Å²) in [7, 11) is 2.29. The van der Waals surface area contributed by atoms with Gasteiger partial charge in [0.2, 0.25) is 0 Å². The molecule has 0 heterocycles. The predicted octanol–water partition coefficient (Wildman–Crippen LogP) is 3.78. The average molecular weight is 288 g/mol. The Kier molecular flexibility index (Phi) is 6.72. The minimum atomic E-state index is 0.600. The van der Waals surface area contributed by atoms with Crippen LogP contribution in [-0.4, -0.2) is 37.1 Å². The number of nitrogens with zero attached hydrogens (tertiary/aromatic N) is 1. The van der Waals surface area contributed by atoms with Crippen molar-refractivity contribution in [3.8, 4) is 0 Å². The quantitative estimate of drug-likeness (QED) is 0.783. The molecule has 2 rings (SSSR count). The Balaban J connectivity index is 1.60. The lowest BCUT2D eigenvalue weighted by atomic mass is 10.0. The fraction of sp³-hybridized carbons (Fsp3) is 0.684. The van der Waals surface area contributed by atoms with Crippen LogP contribution in [0.25, 0.3) is 0 Å². The van der Waals surface area contributed by atoms with E-state index in [-0.39, 0.29) is 0 Å². The smallest absolute Gasteiger partial charge is 0.0107 e. The van der Waals surface area contributed by atoms with Crippen LogP contribution in [-0.2, 0) is 6.42 Å². The summed E-state index contributed by atoms with van der Waals surface area (Å²) in [6.07, 6.45) is 8.05. The lowest BCUT2D eigenvalue weighted by Gasteiger charge is -2.25. The molecule has 0 aromatic heterocycles. The SMILES string of the molecule is Cc1cccc(CCC(C)NCCN(C)C2CCCC2)c1. The topological polar surface area (TPSA) is 15.3 Å². The molecule has 0 amide bonds. The maximum Gasteiger partial charge on any atom is 0.0107 e. The third kappa shape index (κ3) is 5.80. The first kappa shape index (κ1) is 16.5. The summed E-state index contributed by atoms with van der Waals surface area (Å²) in [4.78, 5) is 2.55. The van der Waals surface area contributed by atoms with Gasteiger partial charge >= 0.3 is 0 Å². The highest BCUT2D eigenvalue weighted by molar-refractivity contribution is 5.22. The number of hydrogen-bond donors (Lipinski definition) is 1.